The number of allylic oxidation sites excluding steroid dienone is 3. The molecule has 0 saturated carbocycles. The zero-order chi connectivity index (χ0) is 11.2. The van der Waals surface area contributed by atoms with Crippen molar-refractivity contribution in [3.8, 4) is 0 Å². The second-order valence-corrected chi connectivity index (χ2v) is 4.46. The van der Waals surface area contributed by atoms with Gasteiger partial charge in [-0.3, -0.25) is 4.99 Å². The lowest BCUT2D eigenvalue weighted by molar-refractivity contribution is 0.499. The number of aliphatic imine (C=N–C) groups is 1. The summed E-state index contributed by atoms with van der Waals surface area (Å²) in [5.41, 5.74) is 2.63. The molecule has 0 atom stereocenters. The van der Waals surface area contributed by atoms with Crippen LogP contribution in [0.15, 0.2) is 28.4 Å². The van der Waals surface area contributed by atoms with Gasteiger partial charge in [-0.15, -0.1) is 0 Å². The lowest BCUT2D eigenvalue weighted by Crippen LogP contribution is -2.08. The van der Waals surface area contributed by atoms with E-state index in [1.807, 2.05) is 13.1 Å². The lowest BCUT2D eigenvalue weighted by atomic mass is 9.86. The largest absolute Gasteiger partial charge is 0.262 e. The van der Waals surface area contributed by atoms with E-state index in [9.17, 15) is 0 Å². The van der Waals surface area contributed by atoms with Crippen molar-refractivity contribution in [2.24, 2.45) is 10.4 Å². The molecular weight excluding hydrogens is 170 g/mol. The summed E-state index contributed by atoms with van der Waals surface area (Å²) in [7, 11) is 0. The zero-order valence-corrected chi connectivity index (χ0v) is 10.4. The molecule has 1 heteroatoms. The summed E-state index contributed by atoms with van der Waals surface area (Å²) in [6.45, 7) is 12.9. The number of hydrogen-bond donors (Lipinski definition) is 0. The Hall–Kier alpha value is -0.850. The van der Waals surface area contributed by atoms with Crippen molar-refractivity contribution >= 4 is 6.21 Å². The molecule has 0 N–H and O–H groups in total. The second-order valence-electron chi connectivity index (χ2n) is 4.46. The first-order valence-corrected chi connectivity index (χ1v) is 5.30. The molecule has 0 fully saturated rings. The SMILES string of the molecule is C\C=N/C(/C=C/CC)=C(\C)C(C)(C)C. The molecule has 0 rings (SSSR count). The van der Waals surface area contributed by atoms with Gasteiger partial charge in [-0.1, -0.05) is 33.8 Å². The van der Waals surface area contributed by atoms with E-state index in [4.69, 9.17) is 0 Å². The van der Waals surface area contributed by atoms with E-state index < -0.39 is 0 Å². The Labute approximate surface area is 88.6 Å². The van der Waals surface area contributed by atoms with E-state index in [0.29, 0.717) is 0 Å². The molecule has 0 bridgehead atoms. The topological polar surface area (TPSA) is 12.4 Å². The van der Waals surface area contributed by atoms with Gasteiger partial charge in [-0.25, -0.2) is 0 Å². The molecule has 0 heterocycles. The molecule has 0 amide bonds. The summed E-state index contributed by atoms with van der Waals surface area (Å²) in [4.78, 5) is 4.40. The molecule has 0 aliphatic carbocycles. The smallest absolute Gasteiger partial charge is 0.0616 e. The monoisotopic (exact) mass is 193 g/mol. The quantitative estimate of drug-likeness (QED) is 0.466. The van der Waals surface area contributed by atoms with E-state index in [1.165, 1.54) is 5.57 Å². The highest BCUT2D eigenvalue weighted by Gasteiger charge is 2.15. The maximum absolute atomic E-state index is 4.40. The average Bonchev–Trinajstić information content (AvgIpc) is 2.09. The summed E-state index contributed by atoms with van der Waals surface area (Å²) in [6, 6.07) is 0. The van der Waals surface area contributed by atoms with Gasteiger partial charge in [0, 0.05) is 6.21 Å². The fraction of sp³-hybridized carbons (Fsp3) is 0.615. The van der Waals surface area contributed by atoms with Gasteiger partial charge in [0.1, 0.15) is 0 Å². The molecule has 0 saturated heterocycles. The third kappa shape index (κ3) is 4.40. The predicted molar refractivity (Wildman–Crippen MR) is 65.8 cm³/mol. The molecule has 0 aromatic carbocycles. The van der Waals surface area contributed by atoms with E-state index in [-0.39, 0.29) is 5.41 Å². The summed E-state index contributed by atoms with van der Waals surface area (Å²) in [5, 5.41) is 0. The van der Waals surface area contributed by atoms with Crippen molar-refractivity contribution in [3.63, 3.8) is 0 Å². The van der Waals surface area contributed by atoms with Crippen LogP contribution >= 0.6 is 0 Å². The third-order valence-electron chi connectivity index (χ3n) is 2.29. The van der Waals surface area contributed by atoms with E-state index in [1.54, 1.807) is 0 Å². The van der Waals surface area contributed by atoms with Gasteiger partial charge in [0.25, 0.3) is 0 Å². The fourth-order valence-corrected chi connectivity index (χ4v) is 1.02. The number of nitrogens with zero attached hydrogens (tertiary/aromatic N) is 1. The molecule has 0 aliphatic rings. The number of rotatable bonds is 3. The molecule has 14 heavy (non-hydrogen) atoms. The third-order valence-corrected chi connectivity index (χ3v) is 2.29. The summed E-state index contributed by atoms with van der Waals surface area (Å²) >= 11 is 0. The van der Waals surface area contributed by atoms with Crippen LogP contribution in [0.1, 0.15) is 48.0 Å². The summed E-state index contributed by atoms with van der Waals surface area (Å²) < 4.78 is 0. The lowest BCUT2D eigenvalue weighted by Gasteiger charge is -2.20. The van der Waals surface area contributed by atoms with Crippen LogP contribution in [0.3, 0.4) is 0 Å². The normalized spacial score (nSPS) is 15.3. The van der Waals surface area contributed by atoms with Crippen molar-refractivity contribution in [2.75, 3.05) is 0 Å². The highest BCUT2D eigenvalue weighted by molar-refractivity contribution is 5.56. The van der Waals surface area contributed by atoms with Gasteiger partial charge in [-0.2, -0.15) is 0 Å². The molecular formula is C13H23N. The maximum Gasteiger partial charge on any atom is 0.0616 e. The van der Waals surface area contributed by atoms with Gasteiger partial charge in [-0.05, 0) is 37.3 Å². The molecule has 1 nitrogen and oxygen atoms in total. The van der Waals surface area contributed by atoms with Crippen LogP contribution < -0.4 is 0 Å². The molecule has 0 aromatic rings. The van der Waals surface area contributed by atoms with Crippen LogP contribution in [0.5, 0.6) is 0 Å². The number of hydrogen-bond acceptors (Lipinski definition) is 1. The summed E-state index contributed by atoms with van der Waals surface area (Å²) in [6.07, 6.45) is 7.17. The van der Waals surface area contributed by atoms with Crippen molar-refractivity contribution in [2.45, 2.75) is 48.0 Å². The van der Waals surface area contributed by atoms with Crippen LogP contribution in [0, 0.1) is 5.41 Å². The minimum absolute atomic E-state index is 0.194. The molecule has 0 spiro atoms. The van der Waals surface area contributed by atoms with E-state index in [2.05, 4.69) is 51.8 Å². The Bertz CT molecular complexity index is 249. The molecule has 0 radical (unpaired) electrons. The van der Waals surface area contributed by atoms with Crippen LogP contribution in [-0.4, -0.2) is 6.21 Å². The Morgan fingerprint density at radius 2 is 1.86 bits per heavy atom. The zero-order valence-electron chi connectivity index (χ0n) is 10.4. The first-order valence-electron chi connectivity index (χ1n) is 5.30. The minimum Gasteiger partial charge on any atom is -0.262 e. The second kappa shape index (κ2) is 5.79. The average molecular weight is 193 g/mol. The van der Waals surface area contributed by atoms with Crippen molar-refractivity contribution in [1.29, 1.82) is 0 Å². The van der Waals surface area contributed by atoms with Crippen LogP contribution in [0.2, 0.25) is 0 Å². The highest BCUT2D eigenvalue weighted by Crippen LogP contribution is 2.28. The fourth-order valence-electron chi connectivity index (χ4n) is 1.02. The van der Waals surface area contributed by atoms with Gasteiger partial charge in [0.2, 0.25) is 0 Å². The van der Waals surface area contributed by atoms with Crippen LogP contribution in [0.25, 0.3) is 0 Å². The van der Waals surface area contributed by atoms with Gasteiger partial charge in [0.05, 0.1) is 5.70 Å². The van der Waals surface area contributed by atoms with E-state index >= 15 is 0 Å². The van der Waals surface area contributed by atoms with Crippen LogP contribution in [0.4, 0.5) is 0 Å². The predicted octanol–water partition coefficient (Wildman–Crippen LogP) is 4.36. The minimum atomic E-state index is 0.194. The first-order chi connectivity index (χ1) is 6.43. The van der Waals surface area contributed by atoms with Gasteiger partial charge in [0.15, 0.2) is 0 Å². The molecule has 80 valence electrons. The Balaban J connectivity index is 5.05. The Morgan fingerprint density at radius 3 is 2.21 bits per heavy atom. The van der Waals surface area contributed by atoms with Gasteiger partial charge < -0.3 is 0 Å². The highest BCUT2D eigenvalue weighted by atomic mass is 14.7. The molecule has 0 aromatic heterocycles. The summed E-state index contributed by atoms with van der Waals surface area (Å²) in [5.74, 6) is 0. The van der Waals surface area contributed by atoms with Crippen molar-refractivity contribution in [1.82, 2.24) is 0 Å². The first kappa shape index (κ1) is 13.2. The van der Waals surface area contributed by atoms with E-state index in [0.717, 1.165) is 12.1 Å². The Morgan fingerprint density at radius 1 is 1.29 bits per heavy atom. The molecule has 0 aliphatic heterocycles. The standard InChI is InChI=1S/C13H23N/c1-7-9-10-12(14-8-2)11(3)13(4,5)6/h8-10H,7H2,1-6H3/b10-9+,12-11+,14-8-. The van der Waals surface area contributed by atoms with Crippen molar-refractivity contribution in [3.05, 3.63) is 23.4 Å². The van der Waals surface area contributed by atoms with Gasteiger partial charge >= 0.3 is 0 Å². The van der Waals surface area contributed by atoms with Crippen LogP contribution in [-0.2, 0) is 0 Å². The Kier molecular flexibility index (Phi) is 5.44. The molecule has 0 unspecified atom stereocenters. The maximum atomic E-state index is 4.40. The van der Waals surface area contributed by atoms with Crippen molar-refractivity contribution < 1.29 is 0 Å².